The van der Waals surface area contributed by atoms with Gasteiger partial charge in [0.15, 0.2) is 11.5 Å². The Kier molecular flexibility index (Phi) is 6.42. The summed E-state index contributed by atoms with van der Waals surface area (Å²) in [6.07, 6.45) is 0. The molecule has 2 rings (SSSR count). The molecule has 122 valence electrons. The lowest BCUT2D eigenvalue weighted by molar-refractivity contribution is 0.412. The Morgan fingerprint density at radius 3 is 1.22 bits per heavy atom. The molecule has 0 aromatic heterocycles. The van der Waals surface area contributed by atoms with Crippen LogP contribution in [0.3, 0.4) is 0 Å². The molecule has 0 aliphatic carbocycles. The van der Waals surface area contributed by atoms with Crippen molar-refractivity contribution in [2.75, 3.05) is 14.2 Å². The molecular weight excluding hydrogens is 385 g/mol. The van der Waals surface area contributed by atoms with Gasteiger partial charge in [-0.1, -0.05) is 46.4 Å². The van der Waals surface area contributed by atoms with Crippen molar-refractivity contribution in [3.05, 3.63) is 44.4 Å². The summed E-state index contributed by atoms with van der Waals surface area (Å²) in [5.74, 6) is 1.64. The molecule has 0 aliphatic rings. The van der Waals surface area contributed by atoms with Crippen LogP contribution in [-0.2, 0) is 0 Å². The van der Waals surface area contributed by atoms with Gasteiger partial charge in [-0.3, -0.25) is 0 Å². The van der Waals surface area contributed by atoms with E-state index in [-0.39, 0.29) is 7.69 Å². The van der Waals surface area contributed by atoms with Crippen LogP contribution in [0.25, 0.3) is 0 Å². The number of hydrogen-bond acceptors (Lipinski definition) is 4. The van der Waals surface area contributed by atoms with Crippen LogP contribution in [-0.4, -0.2) is 21.9 Å². The Morgan fingerprint density at radius 1 is 0.652 bits per heavy atom. The van der Waals surface area contributed by atoms with Gasteiger partial charge in [0.2, 0.25) is 0 Å². The largest absolute Gasteiger partial charge is 0.576 e. The third-order valence-electron chi connectivity index (χ3n) is 2.80. The molecule has 9 heteroatoms. The maximum Gasteiger partial charge on any atom is 0.576 e. The summed E-state index contributed by atoms with van der Waals surface area (Å²) >= 11 is 24.1. The highest BCUT2D eigenvalue weighted by molar-refractivity contribution is 6.38. The number of hydrogen-bond donors (Lipinski definition) is 0. The van der Waals surface area contributed by atoms with Gasteiger partial charge in [-0.15, -0.1) is 0 Å². The molecule has 23 heavy (non-hydrogen) atoms. The number of benzene rings is 2. The second kappa shape index (κ2) is 8.11. The second-order valence-electron chi connectivity index (χ2n) is 4.25. The maximum absolute atomic E-state index is 6.03. The van der Waals surface area contributed by atoms with Gasteiger partial charge >= 0.3 is 7.69 Å². The fourth-order valence-corrected chi connectivity index (χ4v) is 3.04. The van der Waals surface area contributed by atoms with E-state index in [1.807, 2.05) is 0 Å². The topological polar surface area (TPSA) is 36.9 Å². The van der Waals surface area contributed by atoms with E-state index in [0.29, 0.717) is 43.1 Å². The third-order valence-corrected chi connectivity index (χ3v) is 3.93. The molecular formula is C14H11BCl4O4. The minimum absolute atomic E-state index is 0.0853. The number of methoxy groups -OCH3 is 2. The SMILES string of the molecule is COc1c(Cl)cc(OBOc2cc(Cl)c(OC)c(Cl)c2)cc1Cl. The normalized spacial score (nSPS) is 10.2. The summed E-state index contributed by atoms with van der Waals surface area (Å²) in [6, 6.07) is 6.29. The van der Waals surface area contributed by atoms with Crippen molar-refractivity contribution in [1.29, 1.82) is 0 Å². The van der Waals surface area contributed by atoms with Crippen LogP contribution in [0.5, 0.6) is 23.0 Å². The highest BCUT2D eigenvalue weighted by atomic mass is 35.5. The molecule has 0 aliphatic heterocycles. The van der Waals surface area contributed by atoms with Gasteiger partial charge < -0.3 is 18.8 Å². The summed E-state index contributed by atoms with van der Waals surface area (Å²) in [5, 5.41) is 1.35. The van der Waals surface area contributed by atoms with Gasteiger partial charge in [0.05, 0.1) is 34.3 Å². The minimum atomic E-state index is -0.0853. The van der Waals surface area contributed by atoms with E-state index in [9.17, 15) is 0 Å². The Labute approximate surface area is 154 Å². The second-order valence-corrected chi connectivity index (χ2v) is 5.88. The van der Waals surface area contributed by atoms with E-state index in [2.05, 4.69) is 0 Å². The fraction of sp³-hybridized carbons (Fsp3) is 0.143. The standard InChI is InChI=1S/C14H11BCl4O4/c1-20-13-9(16)3-7(4-10(13)17)22-15-23-8-5-11(18)14(21-2)12(19)6-8/h3-6,15H,1-2H3. The van der Waals surface area contributed by atoms with Crippen molar-refractivity contribution in [2.45, 2.75) is 0 Å². The first-order chi connectivity index (χ1) is 11.0. The molecule has 4 nitrogen and oxygen atoms in total. The number of ether oxygens (including phenoxy) is 2. The molecule has 0 unspecified atom stereocenters. The van der Waals surface area contributed by atoms with Crippen molar-refractivity contribution in [1.82, 2.24) is 0 Å². The summed E-state index contributed by atoms with van der Waals surface area (Å²) < 4.78 is 21.0. The van der Waals surface area contributed by atoms with E-state index in [1.54, 1.807) is 24.3 Å². The van der Waals surface area contributed by atoms with Crippen LogP contribution in [0.15, 0.2) is 24.3 Å². The smallest absolute Gasteiger partial charge is 0.528 e. The Morgan fingerprint density at radius 2 is 0.957 bits per heavy atom. The zero-order valence-corrected chi connectivity index (χ0v) is 15.2. The van der Waals surface area contributed by atoms with Crippen LogP contribution in [0.4, 0.5) is 0 Å². The fourth-order valence-electron chi connectivity index (χ4n) is 1.80. The molecule has 0 saturated heterocycles. The Bertz CT molecular complexity index is 606. The zero-order valence-electron chi connectivity index (χ0n) is 12.2. The van der Waals surface area contributed by atoms with Crippen LogP contribution in [0.1, 0.15) is 0 Å². The van der Waals surface area contributed by atoms with E-state index in [4.69, 9.17) is 65.2 Å². The number of rotatable bonds is 6. The van der Waals surface area contributed by atoms with Gasteiger partial charge in [-0.05, 0) is 0 Å². The van der Waals surface area contributed by atoms with Gasteiger partial charge in [0, 0.05) is 24.3 Å². The molecule has 0 fully saturated rings. The highest BCUT2D eigenvalue weighted by Crippen LogP contribution is 2.37. The third kappa shape index (κ3) is 4.45. The molecule has 0 N–H and O–H groups in total. The average Bonchev–Trinajstić information content (AvgIpc) is 2.46. The maximum atomic E-state index is 6.03. The van der Waals surface area contributed by atoms with E-state index >= 15 is 0 Å². The van der Waals surface area contributed by atoms with Crippen molar-refractivity contribution in [3.63, 3.8) is 0 Å². The van der Waals surface area contributed by atoms with Crippen LogP contribution in [0, 0.1) is 0 Å². The predicted molar refractivity (Wildman–Crippen MR) is 94.4 cm³/mol. The summed E-state index contributed by atoms with van der Waals surface area (Å²) in [5.41, 5.74) is 0. The molecule has 0 bridgehead atoms. The summed E-state index contributed by atoms with van der Waals surface area (Å²) in [4.78, 5) is 0. The molecule has 2 aromatic carbocycles. The van der Waals surface area contributed by atoms with E-state index < -0.39 is 0 Å². The lowest BCUT2D eigenvalue weighted by Crippen LogP contribution is -2.11. The minimum Gasteiger partial charge on any atom is -0.528 e. The first-order valence-corrected chi connectivity index (χ1v) is 7.79. The van der Waals surface area contributed by atoms with Crippen LogP contribution in [0.2, 0.25) is 20.1 Å². The molecule has 2 aromatic rings. The van der Waals surface area contributed by atoms with Crippen molar-refractivity contribution < 1.29 is 18.8 Å². The molecule has 0 spiro atoms. The van der Waals surface area contributed by atoms with Crippen LogP contribution < -0.4 is 18.8 Å². The van der Waals surface area contributed by atoms with E-state index in [1.165, 1.54) is 14.2 Å². The van der Waals surface area contributed by atoms with Crippen LogP contribution >= 0.6 is 46.4 Å². The van der Waals surface area contributed by atoms with Crippen molar-refractivity contribution in [3.8, 4) is 23.0 Å². The van der Waals surface area contributed by atoms with Crippen molar-refractivity contribution >= 4 is 54.1 Å². The molecule has 0 saturated carbocycles. The zero-order chi connectivity index (χ0) is 17.0. The molecule has 0 radical (unpaired) electrons. The molecule has 0 heterocycles. The molecule has 0 amide bonds. The lowest BCUT2D eigenvalue weighted by Gasteiger charge is -2.12. The first-order valence-electron chi connectivity index (χ1n) is 6.28. The Balaban J connectivity index is 2.03. The van der Waals surface area contributed by atoms with Gasteiger partial charge in [-0.2, -0.15) is 0 Å². The van der Waals surface area contributed by atoms with E-state index in [0.717, 1.165) is 0 Å². The first kappa shape index (κ1) is 18.2. The summed E-state index contributed by atoms with van der Waals surface area (Å²) in [7, 11) is 2.87. The van der Waals surface area contributed by atoms with Gasteiger partial charge in [-0.25, -0.2) is 0 Å². The van der Waals surface area contributed by atoms with Gasteiger partial charge in [0.25, 0.3) is 0 Å². The van der Waals surface area contributed by atoms with Gasteiger partial charge in [0.1, 0.15) is 11.5 Å². The van der Waals surface area contributed by atoms with Crippen molar-refractivity contribution in [2.24, 2.45) is 0 Å². The monoisotopic (exact) mass is 394 g/mol. The lowest BCUT2D eigenvalue weighted by atomic mass is 10.2. The Hall–Kier alpha value is -1.14. The quantitative estimate of drug-likeness (QED) is 0.642. The number of halogens is 4. The molecule has 0 atom stereocenters. The summed E-state index contributed by atoms with van der Waals surface area (Å²) in [6.45, 7) is 0. The highest BCUT2D eigenvalue weighted by Gasteiger charge is 2.12. The average molecular weight is 396 g/mol. The predicted octanol–water partition coefficient (Wildman–Crippen LogP) is 5.04.